The SMILES string of the molecule is CCCCC(C(=O)NC(C)C)n1c(-c2ccccc2)nc2ccccc21. The van der Waals surface area contributed by atoms with Crippen molar-refractivity contribution in [1.29, 1.82) is 0 Å². The zero-order valence-corrected chi connectivity index (χ0v) is 15.8. The van der Waals surface area contributed by atoms with Crippen LogP contribution in [-0.2, 0) is 4.79 Å². The molecule has 2 aromatic carbocycles. The van der Waals surface area contributed by atoms with Gasteiger partial charge in [0.15, 0.2) is 0 Å². The summed E-state index contributed by atoms with van der Waals surface area (Å²) in [7, 11) is 0. The van der Waals surface area contributed by atoms with Gasteiger partial charge in [0, 0.05) is 11.6 Å². The van der Waals surface area contributed by atoms with E-state index in [4.69, 9.17) is 4.98 Å². The highest BCUT2D eigenvalue weighted by Crippen LogP contribution is 2.31. The van der Waals surface area contributed by atoms with Gasteiger partial charge in [0.05, 0.1) is 11.0 Å². The summed E-state index contributed by atoms with van der Waals surface area (Å²) in [4.78, 5) is 17.9. The van der Waals surface area contributed by atoms with Crippen molar-refractivity contribution in [2.24, 2.45) is 0 Å². The third-order valence-electron chi connectivity index (χ3n) is 4.50. The smallest absolute Gasteiger partial charge is 0.243 e. The number of benzene rings is 2. The lowest BCUT2D eigenvalue weighted by Crippen LogP contribution is -2.37. The number of carbonyl (C=O) groups is 1. The van der Waals surface area contributed by atoms with Crippen molar-refractivity contribution < 1.29 is 4.79 Å². The molecule has 0 saturated carbocycles. The van der Waals surface area contributed by atoms with Crippen LogP contribution in [0.4, 0.5) is 0 Å². The van der Waals surface area contributed by atoms with Crippen LogP contribution in [0.15, 0.2) is 54.6 Å². The molecule has 1 unspecified atom stereocenters. The van der Waals surface area contributed by atoms with E-state index in [1.54, 1.807) is 0 Å². The van der Waals surface area contributed by atoms with Gasteiger partial charge >= 0.3 is 0 Å². The molecule has 0 bridgehead atoms. The molecule has 136 valence electrons. The standard InChI is InChI=1S/C22H27N3O/c1-4-5-14-20(22(26)23-16(2)3)25-19-15-10-9-13-18(19)24-21(25)17-11-7-6-8-12-17/h6-13,15-16,20H,4-5,14H2,1-3H3,(H,23,26). The van der Waals surface area contributed by atoms with E-state index in [1.807, 2.05) is 50.2 Å². The number of nitrogens with one attached hydrogen (secondary N) is 1. The Morgan fingerprint density at radius 3 is 2.46 bits per heavy atom. The quantitative estimate of drug-likeness (QED) is 0.655. The summed E-state index contributed by atoms with van der Waals surface area (Å²) in [6.45, 7) is 6.15. The van der Waals surface area contributed by atoms with Crippen molar-refractivity contribution in [3.05, 3.63) is 54.6 Å². The number of imidazole rings is 1. The van der Waals surface area contributed by atoms with Crippen LogP contribution >= 0.6 is 0 Å². The van der Waals surface area contributed by atoms with Gasteiger partial charge in [-0.25, -0.2) is 4.98 Å². The Morgan fingerprint density at radius 1 is 1.08 bits per heavy atom. The number of fused-ring (bicyclic) bond motifs is 1. The number of amides is 1. The number of hydrogen-bond acceptors (Lipinski definition) is 2. The molecule has 4 heteroatoms. The van der Waals surface area contributed by atoms with Crippen LogP contribution < -0.4 is 5.32 Å². The molecule has 3 rings (SSSR count). The molecule has 26 heavy (non-hydrogen) atoms. The number of para-hydroxylation sites is 2. The van der Waals surface area contributed by atoms with Crippen molar-refractivity contribution in [2.45, 2.75) is 52.1 Å². The number of aromatic nitrogens is 2. The first-order valence-electron chi connectivity index (χ1n) is 9.44. The Balaban J connectivity index is 2.16. The van der Waals surface area contributed by atoms with Gasteiger partial charge in [0.2, 0.25) is 5.91 Å². The number of unbranched alkanes of at least 4 members (excludes halogenated alkanes) is 1. The fraction of sp³-hybridized carbons (Fsp3) is 0.364. The van der Waals surface area contributed by atoms with E-state index < -0.39 is 0 Å². The maximum atomic E-state index is 13.0. The summed E-state index contributed by atoms with van der Waals surface area (Å²) in [6, 6.07) is 18.0. The Bertz CT molecular complexity index is 867. The summed E-state index contributed by atoms with van der Waals surface area (Å²) >= 11 is 0. The van der Waals surface area contributed by atoms with Gasteiger partial charge in [-0.3, -0.25) is 4.79 Å². The molecular formula is C22H27N3O. The van der Waals surface area contributed by atoms with E-state index in [2.05, 4.69) is 35.0 Å². The normalized spacial score (nSPS) is 12.5. The molecule has 1 aromatic heterocycles. The van der Waals surface area contributed by atoms with Crippen molar-refractivity contribution in [3.8, 4) is 11.4 Å². The van der Waals surface area contributed by atoms with Crippen LogP contribution in [0.3, 0.4) is 0 Å². The molecule has 0 saturated heterocycles. The number of carbonyl (C=O) groups excluding carboxylic acids is 1. The van der Waals surface area contributed by atoms with Crippen molar-refractivity contribution in [2.75, 3.05) is 0 Å². The monoisotopic (exact) mass is 349 g/mol. The second kappa shape index (κ2) is 8.17. The van der Waals surface area contributed by atoms with E-state index in [0.717, 1.165) is 41.7 Å². The van der Waals surface area contributed by atoms with Crippen molar-refractivity contribution >= 4 is 16.9 Å². The van der Waals surface area contributed by atoms with Crippen LogP contribution in [0, 0.1) is 0 Å². The number of hydrogen-bond donors (Lipinski definition) is 1. The molecule has 3 aromatic rings. The molecule has 1 heterocycles. The van der Waals surface area contributed by atoms with Gasteiger partial charge in [-0.1, -0.05) is 62.2 Å². The molecule has 1 atom stereocenters. The minimum absolute atomic E-state index is 0.0637. The topological polar surface area (TPSA) is 46.9 Å². The summed E-state index contributed by atoms with van der Waals surface area (Å²) in [5.41, 5.74) is 2.96. The van der Waals surface area contributed by atoms with Crippen LogP contribution in [0.5, 0.6) is 0 Å². The molecule has 4 nitrogen and oxygen atoms in total. The number of rotatable bonds is 7. The molecule has 0 radical (unpaired) electrons. The minimum Gasteiger partial charge on any atom is -0.352 e. The molecular weight excluding hydrogens is 322 g/mol. The summed E-state index contributed by atoms with van der Waals surface area (Å²) in [6.07, 6.45) is 2.85. The lowest BCUT2D eigenvalue weighted by molar-refractivity contribution is -0.124. The van der Waals surface area contributed by atoms with Crippen molar-refractivity contribution in [1.82, 2.24) is 14.9 Å². The van der Waals surface area contributed by atoms with Crippen LogP contribution in [0.1, 0.15) is 46.1 Å². The van der Waals surface area contributed by atoms with Gasteiger partial charge in [-0.2, -0.15) is 0 Å². The van der Waals surface area contributed by atoms with E-state index in [9.17, 15) is 4.79 Å². The first-order valence-corrected chi connectivity index (χ1v) is 9.44. The van der Waals surface area contributed by atoms with Gasteiger partial charge in [0.1, 0.15) is 11.9 Å². The predicted octanol–water partition coefficient (Wildman–Crippen LogP) is 4.96. The first-order chi connectivity index (χ1) is 12.6. The first kappa shape index (κ1) is 18.2. The highest BCUT2D eigenvalue weighted by molar-refractivity contribution is 5.87. The van der Waals surface area contributed by atoms with Crippen LogP contribution in [0.2, 0.25) is 0 Å². The molecule has 1 amide bonds. The van der Waals surface area contributed by atoms with Gasteiger partial charge in [-0.05, 0) is 32.4 Å². The third kappa shape index (κ3) is 3.79. The second-order valence-electron chi connectivity index (χ2n) is 6.98. The lowest BCUT2D eigenvalue weighted by Gasteiger charge is -2.22. The zero-order chi connectivity index (χ0) is 18.5. The molecule has 1 N–H and O–H groups in total. The fourth-order valence-electron chi connectivity index (χ4n) is 3.31. The summed E-state index contributed by atoms with van der Waals surface area (Å²) in [5.74, 6) is 0.917. The van der Waals surface area contributed by atoms with Gasteiger partial charge in [-0.15, -0.1) is 0 Å². The average Bonchev–Trinajstić information content (AvgIpc) is 3.02. The third-order valence-corrected chi connectivity index (χ3v) is 4.50. The molecule has 0 aliphatic heterocycles. The Hall–Kier alpha value is -2.62. The van der Waals surface area contributed by atoms with Crippen molar-refractivity contribution in [3.63, 3.8) is 0 Å². The average molecular weight is 349 g/mol. The van der Waals surface area contributed by atoms with Crippen LogP contribution in [-0.4, -0.2) is 21.5 Å². The predicted molar refractivity (Wildman–Crippen MR) is 107 cm³/mol. The minimum atomic E-state index is -0.264. The van der Waals surface area contributed by atoms with Crippen LogP contribution in [0.25, 0.3) is 22.4 Å². The largest absolute Gasteiger partial charge is 0.352 e. The highest BCUT2D eigenvalue weighted by Gasteiger charge is 2.26. The lowest BCUT2D eigenvalue weighted by atomic mass is 10.1. The molecule has 0 aliphatic rings. The van der Waals surface area contributed by atoms with Gasteiger partial charge in [0.25, 0.3) is 0 Å². The van der Waals surface area contributed by atoms with E-state index in [-0.39, 0.29) is 18.0 Å². The summed E-state index contributed by atoms with van der Waals surface area (Å²) in [5, 5.41) is 3.10. The van der Waals surface area contributed by atoms with E-state index in [0.29, 0.717) is 0 Å². The second-order valence-corrected chi connectivity index (χ2v) is 6.98. The molecule has 0 spiro atoms. The molecule has 0 aliphatic carbocycles. The summed E-state index contributed by atoms with van der Waals surface area (Å²) < 4.78 is 2.12. The maximum absolute atomic E-state index is 13.0. The molecule has 0 fully saturated rings. The highest BCUT2D eigenvalue weighted by atomic mass is 16.2. The Labute approximate surface area is 155 Å². The van der Waals surface area contributed by atoms with E-state index in [1.165, 1.54) is 0 Å². The number of nitrogens with zero attached hydrogens (tertiary/aromatic N) is 2. The maximum Gasteiger partial charge on any atom is 0.243 e. The van der Waals surface area contributed by atoms with Gasteiger partial charge < -0.3 is 9.88 Å². The fourth-order valence-corrected chi connectivity index (χ4v) is 3.31. The Kier molecular flexibility index (Phi) is 5.71. The zero-order valence-electron chi connectivity index (χ0n) is 15.8. The van der Waals surface area contributed by atoms with E-state index >= 15 is 0 Å². The Morgan fingerprint density at radius 2 is 1.77 bits per heavy atom.